The van der Waals surface area contributed by atoms with Crippen molar-refractivity contribution < 1.29 is 0 Å². The van der Waals surface area contributed by atoms with Crippen LogP contribution in [0.5, 0.6) is 0 Å². The van der Waals surface area contributed by atoms with Crippen LogP contribution in [0.2, 0.25) is 0 Å². The molecule has 0 bridgehead atoms. The van der Waals surface area contributed by atoms with Crippen LogP contribution in [0.3, 0.4) is 0 Å². The maximum atomic E-state index is 5.25. The van der Waals surface area contributed by atoms with Crippen molar-refractivity contribution in [3.05, 3.63) is 122 Å². The molecule has 0 N–H and O–H groups in total. The molecule has 8 rings (SSSR count). The van der Waals surface area contributed by atoms with Crippen molar-refractivity contribution in [3.63, 3.8) is 0 Å². The van der Waals surface area contributed by atoms with E-state index in [0.717, 1.165) is 76.9 Å². The summed E-state index contributed by atoms with van der Waals surface area (Å²) in [5.74, 6) is 0. The van der Waals surface area contributed by atoms with Crippen LogP contribution in [0.15, 0.2) is 122 Å². The summed E-state index contributed by atoms with van der Waals surface area (Å²) in [5.41, 5.74) is 7.72. The third kappa shape index (κ3) is 3.10. The first-order valence-electron chi connectivity index (χ1n) is 12.7. The Morgan fingerprint density at radius 2 is 1.13 bits per heavy atom. The first kappa shape index (κ1) is 20.9. The molecule has 0 aliphatic rings. The van der Waals surface area contributed by atoms with Gasteiger partial charge in [0, 0.05) is 55.8 Å². The Morgan fingerprint density at radius 3 is 1.97 bits per heavy atom. The Hall–Kier alpha value is -5.22. The molecule has 0 spiro atoms. The second-order valence-electron chi connectivity index (χ2n) is 9.50. The topological polar surface area (TPSA) is 51.6 Å². The lowest BCUT2D eigenvalue weighted by Gasteiger charge is -2.15. The molecule has 0 atom stereocenters. The van der Waals surface area contributed by atoms with Gasteiger partial charge in [-0.05, 0) is 36.4 Å². The largest absolute Gasteiger partial charge is 0.254 e. The van der Waals surface area contributed by atoms with Gasteiger partial charge in [0.1, 0.15) is 0 Å². The number of nitrogens with zero attached hydrogens (tertiary/aromatic N) is 4. The highest BCUT2D eigenvalue weighted by Gasteiger charge is 2.18. The van der Waals surface area contributed by atoms with Crippen LogP contribution >= 0.6 is 0 Å². The van der Waals surface area contributed by atoms with Crippen molar-refractivity contribution in [2.75, 3.05) is 0 Å². The summed E-state index contributed by atoms with van der Waals surface area (Å²) in [6, 6.07) is 37.6. The molecule has 4 heterocycles. The van der Waals surface area contributed by atoms with Gasteiger partial charge < -0.3 is 0 Å². The lowest BCUT2D eigenvalue weighted by molar-refractivity contribution is 1.37. The van der Waals surface area contributed by atoms with Gasteiger partial charge in [0.05, 0.1) is 33.5 Å². The molecule has 4 nitrogen and oxygen atoms in total. The maximum absolute atomic E-state index is 5.25. The van der Waals surface area contributed by atoms with Crippen LogP contribution in [-0.4, -0.2) is 19.9 Å². The van der Waals surface area contributed by atoms with Gasteiger partial charge in [-0.15, -0.1) is 0 Å². The number of aromatic nitrogens is 4. The summed E-state index contributed by atoms with van der Waals surface area (Å²) < 4.78 is 0. The molecule has 8 aromatic rings. The molecule has 0 unspecified atom stereocenters. The van der Waals surface area contributed by atoms with Crippen LogP contribution in [0.1, 0.15) is 0 Å². The first-order chi connectivity index (χ1) is 18.8. The SMILES string of the molecule is c1cc(-c2ccc3ccccc3n2)cc(-c2nc3ccccc3c3c4cccnc4c4ncccc4c23)c1. The zero-order chi connectivity index (χ0) is 25.1. The molecular weight excluding hydrogens is 464 g/mol. The summed E-state index contributed by atoms with van der Waals surface area (Å²) in [4.78, 5) is 19.7. The van der Waals surface area contributed by atoms with Crippen LogP contribution in [0.25, 0.3) is 76.9 Å². The normalized spacial score (nSPS) is 11.7. The van der Waals surface area contributed by atoms with E-state index < -0.39 is 0 Å². The van der Waals surface area contributed by atoms with Gasteiger partial charge in [-0.1, -0.05) is 72.8 Å². The van der Waals surface area contributed by atoms with Crippen molar-refractivity contribution in [1.82, 2.24) is 19.9 Å². The minimum Gasteiger partial charge on any atom is -0.254 e. The second kappa shape index (κ2) is 8.15. The van der Waals surface area contributed by atoms with Crippen LogP contribution in [0, 0.1) is 0 Å². The van der Waals surface area contributed by atoms with E-state index in [1.807, 2.05) is 42.7 Å². The van der Waals surface area contributed by atoms with Crippen molar-refractivity contribution >= 4 is 54.4 Å². The molecule has 4 heteroatoms. The Kier molecular flexibility index (Phi) is 4.49. The Bertz CT molecular complexity index is 2200. The number of rotatable bonds is 2. The third-order valence-corrected chi connectivity index (χ3v) is 7.30. The zero-order valence-electron chi connectivity index (χ0n) is 20.3. The van der Waals surface area contributed by atoms with Crippen molar-refractivity contribution in [2.24, 2.45) is 0 Å². The molecule has 38 heavy (non-hydrogen) atoms. The molecule has 4 aromatic heterocycles. The number of hydrogen-bond acceptors (Lipinski definition) is 4. The predicted molar refractivity (Wildman–Crippen MR) is 156 cm³/mol. The Morgan fingerprint density at radius 1 is 0.447 bits per heavy atom. The van der Waals surface area contributed by atoms with Gasteiger partial charge in [0.2, 0.25) is 0 Å². The van der Waals surface area contributed by atoms with E-state index in [4.69, 9.17) is 19.9 Å². The summed E-state index contributed by atoms with van der Waals surface area (Å²) in [5, 5.41) is 6.63. The van der Waals surface area contributed by atoms with Gasteiger partial charge in [-0.2, -0.15) is 0 Å². The zero-order valence-corrected chi connectivity index (χ0v) is 20.3. The minimum absolute atomic E-state index is 0.890. The fourth-order valence-corrected chi connectivity index (χ4v) is 5.61. The molecule has 0 fully saturated rings. The first-order valence-corrected chi connectivity index (χ1v) is 12.7. The molecule has 0 amide bonds. The Balaban J connectivity index is 1.49. The van der Waals surface area contributed by atoms with Crippen LogP contribution < -0.4 is 0 Å². The molecule has 0 aliphatic carbocycles. The van der Waals surface area contributed by atoms with Gasteiger partial charge in [0.15, 0.2) is 0 Å². The van der Waals surface area contributed by atoms with E-state index in [1.165, 1.54) is 0 Å². The van der Waals surface area contributed by atoms with E-state index in [0.29, 0.717) is 0 Å². The molecule has 4 aromatic carbocycles. The van der Waals surface area contributed by atoms with E-state index in [2.05, 4.69) is 78.9 Å². The second-order valence-corrected chi connectivity index (χ2v) is 9.50. The number of hydrogen-bond donors (Lipinski definition) is 0. The van der Waals surface area contributed by atoms with E-state index in [-0.39, 0.29) is 0 Å². The predicted octanol–water partition coefficient (Wildman–Crippen LogP) is 8.37. The third-order valence-electron chi connectivity index (χ3n) is 7.30. The quantitative estimate of drug-likeness (QED) is 0.231. The summed E-state index contributed by atoms with van der Waals surface area (Å²) in [6.07, 6.45) is 3.68. The average Bonchev–Trinajstić information content (AvgIpc) is 3.00. The smallest absolute Gasteiger partial charge is 0.0971 e. The van der Waals surface area contributed by atoms with Crippen molar-refractivity contribution in [1.29, 1.82) is 0 Å². The molecule has 0 saturated heterocycles. The standard InChI is InChI=1S/C34H20N4/c1-3-14-27-21(8-1)16-17-28(37-27)22-9-5-10-23(20-22)32-31-26-13-7-19-36-34(26)33-25(12-6-18-35-33)30(31)24-11-2-4-15-29(24)38-32/h1-20H. The fraction of sp³-hybridized carbons (Fsp3) is 0. The fourth-order valence-electron chi connectivity index (χ4n) is 5.61. The van der Waals surface area contributed by atoms with Gasteiger partial charge in [-0.3, -0.25) is 9.97 Å². The highest BCUT2D eigenvalue weighted by molar-refractivity contribution is 6.32. The van der Waals surface area contributed by atoms with Crippen molar-refractivity contribution in [2.45, 2.75) is 0 Å². The van der Waals surface area contributed by atoms with Gasteiger partial charge in [0.25, 0.3) is 0 Å². The van der Waals surface area contributed by atoms with Crippen LogP contribution in [0.4, 0.5) is 0 Å². The Labute approximate surface area is 218 Å². The summed E-state index contributed by atoms with van der Waals surface area (Å²) in [7, 11) is 0. The number of para-hydroxylation sites is 2. The highest BCUT2D eigenvalue weighted by Crippen LogP contribution is 2.41. The monoisotopic (exact) mass is 484 g/mol. The average molecular weight is 485 g/mol. The molecule has 176 valence electrons. The minimum atomic E-state index is 0.890. The van der Waals surface area contributed by atoms with E-state index in [1.54, 1.807) is 0 Å². The maximum Gasteiger partial charge on any atom is 0.0971 e. The van der Waals surface area contributed by atoms with E-state index in [9.17, 15) is 0 Å². The lowest BCUT2D eigenvalue weighted by Crippen LogP contribution is -1.95. The number of benzene rings is 4. The highest BCUT2D eigenvalue weighted by atomic mass is 14.7. The lowest BCUT2D eigenvalue weighted by atomic mass is 9.92. The summed E-state index contributed by atoms with van der Waals surface area (Å²) in [6.45, 7) is 0. The van der Waals surface area contributed by atoms with E-state index >= 15 is 0 Å². The molecule has 0 radical (unpaired) electrons. The molecule has 0 saturated carbocycles. The molecular formula is C34H20N4. The van der Waals surface area contributed by atoms with Gasteiger partial charge >= 0.3 is 0 Å². The van der Waals surface area contributed by atoms with Crippen molar-refractivity contribution in [3.8, 4) is 22.5 Å². The van der Waals surface area contributed by atoms with Crippen LogP contribution in [-0.2, 0) is 0 Å². The summed E-state index contributed by atoms with van der Waals surface area (Å²) >= 11 is 0. The number of fused-ring (bicyclic) bond motifs is 9. The molecule has 0 aliphatic heterocycles. The van der Waals surface area contributed by atoms with Gasteiger partial charge in [-0.25, -0.2) is 9.97 Å². The number of pyridine rings is 4.